The van der Waals surface area contributed by atoms with Crippen LogP contribution in [0.25, 0.3) is 0 Å². The molecule has 0 aliphatic heterocycles. The molecule has 1 aromatic heterocycles. The molecule has 0 saturated heterocycles. The van der Waals surface area contributed by atoms with Crippen LogP contribution < -0.4 is 5.32 Å². The first-order valence-corrected chi connectivity index (χ1v) is 11.2. The average molecular weight is 488 g/mol. The SMILES string of the molecule is CN(C)S(=O)(=O)c1ccc(Cl)c(C(=O)Nc2ccnn2Cc2ccc(Cl)cc2Cl)c1. The minimum absolute atomic E-state index is 0.0249. The highest BCUT2D eigenvalue weighted by Gasteiger charge is 2.21. The van der Waals surface area contributed by atoms with Gasteiger partial charge in [-0.3, -0.25) is 4.79 Å². The number of sulfonamides is 1. The zero-order valence-electron chi connectivity index (χ0n) is 15.9. The van der Waals surface area contributed by atoms with Crippen LogP contribution in [0.15, 0.2) is 53.6 Å². The summed E-state index contributed by atoms with van der Waals surface area (Å²) in [6.07, 6.45) is 1.52. The maximum atomic E-state index is 12.8. The third-order valence-electron chi connectivity index (χ3n) is 4.25. The van der Waals surface area contributed by atoms with E-state index in [1.54, 1.807) is 28.9 Å². The summed E-state index contributed by atoms with van der Waals surface area (Å²) in [5.41, 5.74) is 0.786. The molecule has 1 amide bonds. The van der Waals surface area contributed by atoms with E-state index in [9.17, 15) is 13.2 Å². The van der Waals surface area contributed by atoms with E-state index in [2.05, 4.69) is 10.4 Å². The summed E-state index contributed by atoms with van der Waals surface area (Å²) in [6.45, 7) is 0.293. The lowest BCUT2D eigenvalue weighted by Crippen LogP contribution is -2.23. The van der Waals surface area contributed by atoms with Crippen molar-refractivity contribution >= 4 is 56.6 Å². The lowest BCUT2D eigenvalue weighted by atomic mass is 10.2. The fourth-order valence-electron chi connectivity index (χ4n) is 2.61. The molecule has 0 aliphatic carbocycles. The van der Waals surface area contributed by atoms with E-state index in [1.807, 2.05) is 0 Å². The number of nitrogens with zero attached hydrogens (tertiary/aromatic N) is 3. The van der Waals surface area contributed by atoms with Crippen molar-refractivity contribution in [2.45, 2.75) is 11.4 Å². The fourth-order valence-corrected chi connectivity index (χ4v) is 4.21. The molecule has 0 bridgehead atoms. The molecule has 1 heterocycles. The van der Waals surface area contributed by atoms with Crippen LogP contribution in [0.4, 0.5) is 5.82 Å². The molecule has 0 fully saturated rings. The Hall–Kier alpha value is -2.10. The van der Waals surface area contributed by atoms with E-state index in [-0.39, 0.29) is 15.5 Å². The summed E-state index contributed by atoms with van der Waals surface area (Å²) in [5, 5.41) is 8.01. The molecule has 3 rings (SSSR count). The van der Waals surface area contributed by atoms with Crippen molar-refractivity contribution in [2.75, 3.05) is 19.4 Å². The van der Waals surface area contributed by atoms with Crippen LogP contribution in [-0.2, 0) is 16.6 Å². The number of aromatic nitrogens is 2. The van der Waals surface area contributed by atoms with Crippen LogP contribution in [-0.4, -0.2) is 42.5 Å². The summed E-state index contributed by atoms with van der Waals surface area (Å²) in [6, 6.07) is 10.7. The zero-order chi connectivity index (χ0) is 22.1. The molecule has 0 atom stereocenters. The first-order chi connectivity index (χ1) is 14.1. The quantitative estimate of drug-likeness (QED) is 0.559. The molecule has 11 heteroatoms. The van der Waals surface area contributed by atoms with Gasteiger partial charge in [0.25, 0.3) is 5.91 Å². The predicted octanol–water partition coefficient (Wildman–Crippen LogP) is 4.39. The summed E-state index contributed by atoms with van der Waals surface area (Å²) >= 11 is 18.3. The van der Waals surface area contributed by atoms with Gasteiger partial charge in [-0.25, -0.2) is 17.4 Å². The van der Waals surface area contributed by atoms with E-state index in [4.69, 9.17) is 34.8 Å². The smallest absolute Gasteiger partial charge is 0.258 e. The standard InChI is InChI=1S/C19H17Cl3N4O3S/c1-25(2)30(28,29)14-5-6-16(21)15(10-14)19(27)24-18-7-8-23-26(18)11-12-3-4-13(20)9-17(12)22/h3-10H,11H2,1-2H3,(H,24,27). The number of anilines is 1. The molecule has 2 aromatic carbocycles. The predicted molar refractivity (Wildman–Crippen MR) is 118 cm³/mol. The fraction of sp³-hybridized carbons (Fsp3) is 0.158. The van der Waals surface area contributed by atoms with Crippen LogP contribution in [0.3, 0.4) is 0 Å². The Morgan fingerprint density at radius 3 is 2.47 bits per heavy atom. The maximum Gasteiger partial charge on any atom is 0.258 e. The number of hydrogen-bond acceptors (Lipinski definition) is 4. The molecule has 30 heavy (non-hydrogen) atoms. The van der Waals surface area contributed by atoms with Gasteiger partial charge in [-0.05, 0) is 35.9 Å². The van der Waals surface area contributed by atoms with Gasteiger partial charge in [-0.1, -0.05) is 40.9 Å². The Kier molecular flexibility index (Phi) is 6.74. The highest BCUT2D eigenvalue weighted by molar-refractivity contribution is 7.89. The Labute approximate surface area is 189 Å². The lowest BCUT2D eigenvalue weighted by Gasteiger charge is -2.14. The first-order valence-electron chi connectivity index (χ1n) is 8.59. The Balaban J connectivity index is 1.87. The highest BCUT2D eigenvalue weighted by Crippen LogP contribution is 2.25. The molecule has 3 aromatic rings. The minimum Gasteiger partial charge on any atom is -0.307 e. The number of nitrogens with one attached hydrogen (secondary N) is 1. The average Bonchev–Trinajstić information content (AvgIpc) is 3.10. The second-order valence-electron chi connectivity index (χ2n) is 6.49. The van der Waals surface area contributed by atoms with E-state index in [0.717, 1.165) is 9.87 Å². The van der Waals surface area contributed by atoms with Crippen LogP contribution in [0, 0.1) is 0 Å². The number of halogens is 3. The molecular weight excluding hydrogens is 471 g/mol. The number of rotatable bonds is 6. The van der Waals surface area contributed by atoms with Crippen molar-refractivity contribution in [3.05, 3.63) is 74.9 Å². The Bertz CT molecular complexity index is 1210. The van der Waals surface area contributed by atoms with Crippen molar-refractivity contribution in [3.8, 4) is 0 Å². The summed E-state index contributed by atoms with van der Waals surface area (Å²) < 4.78 is 27.3. The largest absolute Gasteiger partial charge is 0.307 e. The van der Waals surface area contributed by atoms with E-state index < -0.39 is 15.9 Å². The third-order valence-corrected chi connectivity index (χ3v) is 6.98. The van der Waals surface area contributed by atoms with Crippen molar-refractivity contribution in [2.24, 2.45) is 0 Å². The van der Waals surface area contributed by atoms with Crippen molar-refractivity contribution in [1.82, 2.24) is 14.1 Å². The summed E-state index contributed by atoms with van der Waals surface area (Å²) in [7, 11) is -0.903. The van der Waals surface area contributed by atoms with Gasteiger partial charge in [0.15, 0.2) is 0 Å². The second kappa shape index (κ2) is 8.95. The maximum absolute atomic E-state index is 12.8. The molecule has 158 valence electrons. The zero-order valence-corrected chi connectivity index (χ0v) is 19.0. The minimum atomic E-state index is -3.72. The third kappa shape index (κ3) is 4.79. The van der Waals surface area contributed by atoms with E-state index in [0.29, 0.717) is 22.4 Å². The topological polar surface area (TPSA) is 84.3 Å². The van der Waals surface area contributed by atoms with E-state index in [1.165, 1.54) is 38.5 Å². The number of hydrogen-bond donors (Lipinski definition) is 1. The number of amides is 1. The summed E-state index contributed by atoms with van der Waals surface area (Å²) in [5.74, 6) is -0.178. The molecule has 0 unspecified atom stereocenters. The van der Waals surface area contributed by atoms with Crippen LogP contribution in [0.5, 0.6) is 0 Å². The van der Waals surface area contributed by atoms with Gasteiger partial charge in [0.1, 0.15) is 5.82 Å². The Morgan fingerprint density at radius 1 is 1.07 bits per heavy atom. The summed E-state index contributed by atoms with van der Waals surface area (Å²) in [4.78, 5) is 12.8. The molecular formula is C19H17Cl3N4O3S. The molecule has 7 nitrogen and oxygen atoms in total. The molecule has 1 N–H and O–H groups in total. The van der Waals surface area contributed by atoms with Crippen molar-refractivity contribution < 1.29 is 13.2 Å². The van der Waals surface area contributed by atoms with E-state index >= 15 is 0 Å². The first kappa shape index (κ1) is 22.6. The van der Waals surface area contributed by atoms with Gasteiger partial charge >= 0.3 is 0 Å². The molecule has 0 aliphatic rings. The van der Waals surface area contributed by atoms with Gasteiger partial charge in [-0.2, -0.15) is 5.10 Å². The van der Waals surface area contributed by atoms with Gasteiger partial charge in [0.05, 0.1) is 28.2 Å². The molecule has 0 saturated carbocycles. The van der Waals surface area contributed by atoms with Gasteiger partial charge in [-0.15, -0.1) is 0 Å². The van der Waals surface area contributed by atoms with Crippen LogP contribution in [0.1, 0.15) is 15.9 Å². The molecule has 0 spiro atoms. The molecule has 0 radical (unpaired) electrons. The van der Waals surface area contributed by atoms with Crippen LogP contribution in [0.2, 0.25) is 15.1 Å². The van der Waals surface area contributed by atoms with Gasteiger partial charge < -0.3 is 5.32 Å². The van der Waals surface area contributed by atoms with Crippen molar-refractivity contribution in [1.29, 1.82) is 0 Å². The monoisotopic (exact) mass is 486 g/mol. The normalized spacial score (nSPS) is 11.7. The Morgan fingerprint density at radius 2 is 1.80 bits per heavy atom. The number of carbonyl (C=O) groups excluding carboxylic acids is 1. The highest BCUT2D eigenvalue weighted by atomic mass is 35.5. The van der Waals surface area contributed by atoms with Gasteiger partial charge in [0, 0.05) is 30.2 Å². The van der Waals surface area contributed by atoms with Gasteiger partial charge in [0.2, 0.25) is 10.0 Å². The number of benzene rings is 2. The second-order valence-corrected chi connectivity index (χ2v) is 9.90. The van der Waals surface area contributed by atoms with Crippen molar-refractivity contribution in [3.63, 3.8) is 0 Å². The van der Waals surface area contributed by atoms with Crippen LogP contribution >= 0.6 is 34.8 Å². The number of carbonyl (C=O) groups is 1. The lowest BCUT2D eigenvalue weighted by molar-refractivity contribution is 0.102.